The van der Waals surface area contributed by atoms with Crippen LogP contribution in [0.1, 0.15) is 18.7 Å². The van der Waals surface area contributed by atoms with Gasteiger partial charge < -0.3 is 9.47 Å². The van der Waals surface area contributed by atoms with Gasteiger partial charge >= 0.3 is 0 Å². The molecule has 1 aliphatic heterocycles. The predicted octanol–water partition coefficient (Wildman–Crippen LogP) is 5.88. The number of ether oxygens (including phenoxy) is 2. The summed E-state index contributed by atoms with van der Waals surface area (Å²) in [5, 5.41) is 0. The third-order valence-electron chi connectivity index (χ3n) is 4.82. The Balaban J connectivity index is 1.78. The number of para-hydroxylation sites is 1. The van der Waals surface area contributed by atoms with E-state index in [1.54, 1.807) is 27.8 Å². The van der Waals surface area contributed by atoms with Gasteiger partial charge in [0.25, 0.3) is 5.91 Å². The van der Waals surface area contributed by atoms with E-state index >= 15 is 0 Å². The van der Waals surface area contributed by atoms with Crippen LogP contribution in [0.3, 0.4) is 0 Å². The Morgan fingerprint density at radius 1 is 1.11 bits per heavy atom. The van der Waals surface area contributed by atoms with Crippen molar-refractivity contribution in [2.75, 3.05) is 18.6 Å². The molecule has 1 aromatic heterocycles. The summed E-state index contributed by atoms with van der Waals surface area (Å²) in [4.78, 5) is 16.2. The molecule has 0 unspecified atom stereocenters. The van der Waals surface area contributed by atoms with Crippen LogP contribution in [0, 0.1) is 3.82 Å². The van der Waals surface area contributed by atoms with Gasteiger partial charge in [-0.3, -0.25) is 9.69 Å². The summed E-state index contributed by atoms with van der Waals surface area (Å²) in [6.07, 6.45) is 0. The van der Waals surface area contributed by atoms with E-state index in [2.05, 4.69) is 0 Å². The lowest BCUT2D eigenvalue weighted by molar-refractivity contribution is -0.121. The molecule has 2 heterocycles. The molecule has 0 atom stereocenters. The van der Waals surface area contributed by atoms with Gasteiger partial charge in [0.2, 0.25) is 0 Å². The van der Waals surface area contributed by atoms with Gasteiger partial charge in [0.1, 0.15) is 15.3 Å². The molecule has 0 saturated carbocycles. The second kappa shape index (κ2) is 7.31. The lowest BCUT2D eigenvalue weighted by Gasteiger charge is -2.42. The van der Waals surface area contributed by atoms with Crippen molar-refractivity contribution in [1.82, 2.24) is 0 Å². The van der Waals surface area contributed by atoms with Crippen molar-refractivity contribution in [2.45, 2.75) is 19.4 Å². The van der Waals surface area contributed by atoms with E-state index in [4.69, 9.17) is 21.7 Å². The zero-order chi connectivity index (χ0) is 19.9. The highest BCUT2D eigenvalue weighted by Crippen LogP contribution is 2.52. The summed E-state index contributed by atoms with van der Waals surface area (Å²) in [7, 11) is 4.84. The summed E-state index contributed by atoms with van der Waals surface area (Å²) < 4.78 is 12.0. The Morgan fingerprint density at radius 3 is 2.57 bits per heavy atom. The molecule has 0 saturated heterocycles. The Kier molecular flexibility index (Phi) is 4.99. The van der Waals surface area contributed by atoms with Crippen molar-refractivity contribution in [3.63, 3.8) is 0 Å². The van der Waals surface area contributed by atoms with E-state index in [0.717, 1.165) is 25.5 Å². The van der Waals surface area contributed by atoms with Gasteiger partial charge in [0.05, 0.1) is 23.2 Å². The highest BCUT2D eigenvalue weighted by molar-refractivity contribution is 7.80. The minimum Gasteiger partial charge on any atom is -0.497 e. The Morgan fingerprint density at radius 2 is 1.86 bits per heavy atom. The Labute approximate surface area is 176 Å². The molecule has 28 heavy (non-hydrogen) atoms. The molecule has 3 aromatic rings. The van der Waals surface area contributed by atoms with Crippen LogP contribution < -0.4 is 14.4 Å². The highest BCUT2D eigenvalue weighted by Gasteiger charge is 2.43. The highest BCUT2D eigenvalue weighted by atomic mass is 32.9. The summed E-state index contributed by atoms with van der Waals surface area (Å²) in [6, 6.07) is 15.2. The van der Waals surface area contributed by atoms with Crippen molar-refractivity contribution in [1.29, 1.82) is 0 Å². The fraction of sp³-hybridized carbons (Fsp3) is 0.238. The number of anilines is 1. The minimum absolute atomic E-state index is 0.0467. The first-order valence-corrected chi connectivity index (χ1v) is 11.3. The predicted molar refractivity (Wildman–Crippen MR) is 117 cm³/mol. The third-order valence-corrected chi connectivity index (χ3v) is 8.15. The number of rotatable bonds is 4. The first-order valence-electron chi connectivity index (χ1n) is 8.76. The van der Waals surface area contributed by atoms with Gasteiger partial charge in [-0.05, 0) is 38.1 Å². The standard InChI is InChI=1S/C21H19NO3S3/c1-21(2)19-18(20(26)28-27-19)15-10-9-14(24-3)11-16(15)22(21)17(23)12-25-13-7-5-4-6-8-13/h4-11H,12H2,1-3H3. The second-order valence-corrected chi connectivity index (χ2v) is 9.75. The number of hydrogen-bond acceptors (Lipinski definition) is 6. The molecule has 0 fully saturated rings. The average Bonchev–Trinajstić information content (AvgIpc) is 3.09. The first kappa shape index (κ1) is 19.1. The smallest absolute Gasteiger partial charge is 0.265 e. The normalized spacial score (nSPS) is 14.2. The van der Waals surface area contributed by atoms with E-state index < -0.39 is 5.54 Å². The maximum Gasteiger partial charge on any atom is 0.265 e. The van der Waals surface area contributed by atoms with Crippen molar-refractivity contribution < 1.29 is 14.3 Å². The van der Waals surface area contributed by atoms with Gasteiger partial charge in [-0.2, -0.15) is 0 Å². The van der Waals surface area contributed by atoms with E-state index in [9.17, 15) is 4.79 Å². The number of amides is 1. The monoisotopic (exact) mass is 429 g/mol. The number of nitrogens with zero attached hydrogens (tertiary/aromatic N) is 1. The van der Waals surface area contributed by atoms with Gasteiger partial charge in [-0.15, -0.1) is 0 Å². The van der Waals surface area contributed by atoms with Gasteiger partial charge in [0.15, 0.2) is 6.61 Å². The van der Waals surface area contributed by atoms with Crippen LogP contribution in [-0.2, 0) is 10.3 Å². The van der Waals surface area contributed by atoms with Crippen molar-refractivity contribution in [3.8, 4) is 22.6 Å². The largest absolute Gasteiger partial charge is 0.497 e. The van der Waals surface area contributed by atoms with Crippen LogP contribution in [-0.4, -0.2) is 19.6 Å². The molecule has 0 aliphatic carbocycles. The molecule has 0 bridgehead atoms. The van der Waals surface area contributed by atoms with E-state index in [1.807, 2.05) is 67.3 Å². The Bertz CT molecular complexity index is 1090. The molecular weight excluding hydrogens is 410 g/mol. The van der Waals surface area contributed by atoms with Crippen LogP contribution in [0.25, 0.3) is 11.1 Å². The van der Waals surface area contributed by atoms with E-state index in [-0.39, 0.29) is 12.5 Å². The molecule has 0 N–H and O–H groups in total. The third kappa shape index (κ3) is 3.13. The van der Waals surface area contributed by atoms with Gasteiger partial charge in [-0.1, -0.05) is 51.1 Å². The number of fused-ring (bicyclic) bond motifs is 3. The number of carbonyl (C=O) groups excluding carboxylic acids is 1. The van der Waals surface area contributed by atoms with Crippen LogP contribution in [0.5, 0.6) is 11.5 Å². The number of hydrogen-bond donors (Lipinski definition) is 0. The molecule has 1 aliphatic rings. The minimum atomic E-state index is -0.538. The number of carbonyl (C=O) groups is 1. The quantitative estimate of drug-likeness (QED) is 0.384. The zero-order valence-electron chi connectivity index (χ0n) is 15.7. The maximum absolute atomic E-state index is 13.3. The van der Waals surface area contributed by atoms with Crippen LogP contribution in [0.4, 0.5) is 5.69 Å². The molecule has 144 valence electrons. The van der Waals surface area contributed by atoms with Crippen molar-refractivity contribution >= 4 is 44.5 Å². The Hall–Kier alpha value is -2.22. The molecule has 7 heteroatoms. The topological polar surface area (TPSA) is 38.8 Å². The van der Waals surface area contributed by atoms with Crippen molar-refractivity contribution in [2.24, 2.45) is 0 Å². The average molecular weight is 430 g/mol. The lowest BCUT2D eigenvalue weighted by Crippen LogP contribution is -2.49. The summed E-state index contributed by atoms with van der Waals surface area (Å²) in [5.74, 6) is 1.26. The summed E-state index contributed by atoms with van der Waals surface area (Å²) in [5.41, 5.74) is 2.28. The summed E-state index contributed by atoms with van der Waals surface area (Å²) >= 11 is 5.60. The fourth-order valence-electron chi connectivity index (χ4n) is 3.51. The summed E-state index contributed by atoms with van der Waals surface area (Å²) in [6.45, 7) is 4.05. The van der Waals surface area contributed by atoms with Gasteiger partial charge in [0, 0.05) is 17.2 Å². The molecule has 0 radical (unpaired) electrons. The van der Waals surface area contributed by atoms with Crippen LogP contribution in [0.15, 0.2) is 48.5 Å². The molecule has 2 aromatic carbocycles. The molecule has 1 amide bonds. The van der Waals surface area contributed by atoms with E-state index in [1.165, 1.54) is 0 Å². The maximum atomic E-state index is 13.3. The second-order valence-electron chi connectivity index (χ2n) is 6.93. The SMILES string of the molecule is COc1ccc2c(c1)N(C(=O)COc1ccccc1)C(C)(C)c1ssc(=S)c1-2. The molecule has 4 rings (SSSR count). The zero-order valence-corrected chi connectivity index (χ0v) is 18.2. The number of methoxy groups -OCH3 is 1. The first-order chi connectivity index (χ1) is 13.4. The molecule has 4 nitrogen and oxygen atoms in total. The van der Waals surface area contributed by atoms with Crippen molar-refractivity contribution in [3.05, 3.63) is 57.2 Å². The van der Waals surface area contributed by atoms with E-state index in [0.29, 0.717) is 11.5 Å². The molecule has 0 spiro atoms. The number of benzene rings is 2. The van der Waals surface area contributed by atoms with Crippen LogP contribution >= 0.6 is 32.9 Å². The van der Waals surface area contributed by atoms with Gasteiger partial charge in [-0.25, -0.2) is 0 Å². The molecular formula is C21H19NO3S3. The lowest BCUT2D eigenvalue weighted by atomic mass is 9.87. The fourth-order valence-corrected chi connectivity index (χ4v) is 6.79. The van der Waals surface area contributed by atoms with Crippen LogP contribution in [0.2, 0.25) is 0 Å².